The van der Waals surface area contributed by atoms with Gasteiger partial charge in [0.05, 0.1) is 13.7 Å². The van der Waals surface area contributed by atoms with Crippen LogP contribution in [0, 0.1) is 0 Å². The molecule has 4 nitrogen and oxygen atoms in total. The molecule has 0 N–H and O–H groups in total. The summed E-state index contributed by atoms with van der Waals surface area (Å²) in [5, 5.41) is 0. The van der Waals surface area contributed by atoms with Gasteiger partial charge in [0.15, 0.2) is 11.5 Å². The molecular formula is C15H18O4. The van der Waals surface area contributed by atoms with Gasteiger partial charge in [-0.2, -0.15) is 0 Å². The minimum absolute atomic E-state index is 0.362. The highest BCUT2D eigenvalue weighted by atomic mass is 16.5. The third-order valence-electron chi connectivity index (χ3n) is 2.24. The lowest BCUT2D eigenvalue weighted by Gasteiger charge is -2.09. The fourth-order valence-electron chi connectivity index (χ4n) is 1.41. The van der Waals surface area contributed by atoms with E-state index in [1.807, 2.05) is 6.07 Å². The normalized spacial score (nSPS) is 10.2. The van der Waals surface area contributed by atoms with E-state index in [-0.39, 0.29) is 5.97 Å². The number of benzene rings is 1. The Balaban J connectivity index is 2.81. The van der Waals surface area contributed by atoms with E-state index in [1.54, 1.807) is 38.3 Å². The molecule has 0 radical (unpaired) electrons. The van der Waals surface area contributed by atoms with E-state index in [4.69, 9.17) is 14.2 Å². The Kier molecular flexibility index (Phi) is 6.22. The zero-order chi connectivity index (χ0) is 14.1. The Morgan fingerprint density at radius 2 is 2.16 bits per heavy atom. The molecule has 0 heterocycles. The highest BCUT2D eigenvalue weighted by Crippen LogP contribution is 2.28. The fraction of sp³-hybridized carbons (Fsp3) is 0.267. The predicted molar refractivity (Wildman–Crippen MR) is 74.4 cm³/mol. The van der Waals surface area contributed by atoms with Gasteiger partial charge in [0.25, 0.3) is 0 Å². The average Bonchev–Trinajstić information content (AvgIpc) is 2.43. The molecule has 0 spiro atoms. The monoisotopic (exact) mass is 262 g/mol. The van der Waals surface area contributed by atoms with Crippen LogP contribution in [0.3, 0.4) is 0 Å². The van der Waals surface area contributed by atoms with Gasteiger partial charge in [0.1, 0.15) is 6.61 Å². The van der Waals surface area contributed by atoms with Crippen molar-refractivity contribution < 1.29 is 19.0 Å². The number of hydrogen-bond acceptors (Lipinski definition) is 4. The number of methoxy groups -OCH3 is 1. The Labute approximate surface area is 113 Å². The first-order valence-corrected chi connectivity index (χ1v) is 5.97. The summed E-state index contributed by atoms with van der Waals surface area (Å²) in [7, 11) is 1.56. The van der Waals surface area contributed by atoms with Gasteiger partial charge in [0.2, 0.25) is 0 Å². The predicted octanol–water partition coefficient (Wildman–Crippen LogP) is 2.84. The molecule has 0 saturated heterocycles. The average molecular weight is 262 g/mol. The lowest BCUT2D eigenvalue weighted by molar-refractivity contribution is -0.137. The first-order chi connectivity index (χ1) is 9.21. The van der Waals surface area contributed by atoms with Gasteiger partial charge < -0.3 is 14.2 Å². The summed E-state index contributed by atoms with van der Waals surface area (Å²) in [4.78, 5) is 11.2. The maximum atomic E-state index is 11.2. The Bertz CT molecular complexity index is 463. The van der Waals surface area contributed by atoms with Crippen LogP contribution in [-0.4, -0.2) is 26.3 Å². The van der Waals surface area contributed by atoms with E-state index < -0.39 is 0 Å². The molecule has 4 heteroatoms. The molecule has 0 atom stereocenters. The summed E-state index contributed by atoms with van der Waals surface area (Å²) in [6, 6.07) is 5.40. The molecule has 1 aromatic rings. The van der Waals surface area contributed by atoms with Gasteiger partial charge in [-0.25, -0.2) is 4.79 Å². The number of ether oxygens (including phenoxy) is 3. The summed E-state index contributed by atoms with van der Waals surface area (Å²) in [6.45, 7) is 6.12. The minimum Gasteiger partial charge on any atom is -0.493 e. The molecule has 1 rings (SSSR count). The minimum atomic E-state index is -0.367. The van der Waals surface area contributed by atoms with E-state index in [1.165, 1.54) is 6.08 Å². The highest BCUT2D eigenvalue weighted by Gasteiger charge is 2.04. The SMILES string of the molecule is C=CCOc1ccc(C=CC(=O)OCC)cc1OC. The molecule has 0 aliphatic carbocycles. The van der Waals surface area contributed by atoms with Crippen LogP contribution >= 0.6 is 0 Å². The zero-order valence-corrected chi connectivity index (χ0v) is 11.2. The molecule has 0 saturated carbocycles. The first-order valence-electron chi connectivity index (χ1n) is 5.97. The van der Waals surface area contributed by atoms with E-state index >= 15 is 0 Å². The highest BCUT2D eigenvalue weighted by molar-refractivity contribution is 5.87. The van der Waals surface area contributed by atoms with Crippen molar-refractivity contribution >= 4 is 12.0 Å². The molecule has 1 aromatic carbocycles. The zero-order valence-electron chi connectivity index (χ0n) is 11.2. The lowest BCUT2D eigenvalue weighted by Crippen LogP contribution is -1.99. The second kappa shape index (κ2) is 7.97. The van der Waals surface area contributed by atoms with E-state index in [2.05, 4.69) is 6.58 Å². The molecule has 102 valence electrons. The van der Waals surface area contributed by atoms with Crippen molar-refractivity contribution in [3.05, 3.63) is 42.5 Å². The summed E-state index contributed by atoms with van der Waals surface area (Å²) >= 11 is 0. The maximum absolute atomic E-state index is 11.2. The molecule has 0 fully saturated rings. The smallest absolute Gasteiger partial charge is 0.330 e. The number of rotatable bonds is 7. The summed E-state index contributed by atoms with van der Waals surface area (Å²) < 4.78 is 15.5. The Hall–Kier alpha value is -2.23. The van der Waals surface area contributed by atoms with E-state index in [0.29, 0.717) is 24.7 Å². The van der Waals surface area contributed by atoms with Crippen molar-refractivity contribution in [3.63, 3.8) is 0 Å². The van der Waals surface area contributed by atoms with Crippen molar-refractivity contribution in [2.24, 2.45) is 0 Å². The van der Waals surface area contributed by atoms with Crippen LogP contribution in [0.4, 0.5) is 0 Å². The molecular weight excluding hydrogens is 244 g/mol. The van der Waals surface area contributed by atoms with Crippen molar-refractivity contribution in [1.82, 2.24) is 0 Å². The quantitative estimate of drug-likeness (QED) is 0.430. The summed E-state index contributed by atoms with van der Waals surface area (Å²) in [5.74, 6) is 0.872. The topological polar surface area (TPSA) is 44.8 Å². The van der Waals surface area contributed by atoms with Gasteiger partial charge in [0, 0.05) is 6.08 Å². The molecule has 0 aliphatic rings. The third-order valence-corrected chi connectivity index (χ3v) is 2.24. The second-order valence-electron chi connectivity index (χ2n) is 3.60. The first kappa shape index (κ1) is 14.8. The van der Waals surface area contributed by atoms with E-state index in [9.17, 15) is 4.79 Å². The molecule has 0 amide bonds. The van der Waals surface area contributed by atoms with Crippen LogP contribution in [0.1, 0.15) is 12.5 Å². The molecule has 0 aliphatic heterocycles. The van der Waals surface area contributed by atoms with Gasteiger partial charge in [-0.1, -0.05) is 18.7 Å². The van der Waals surface area contributed by atoms with Crippen LogP contribution in [0.15, 0.2) is 36.9 Å². The molecule has 19 heavy (non-hydrogen) atoms. The summed E-state index contributed by atoms with van der Waals surface area (Å²) in [6.07, 6.45) is 4.70. The Morgan fingerprint density at radius 3 is 2.79 bits per heavy atom. The maximum Gasteiger partial charge on any atom is 0.330 e. The fourth-order valence-corrected chi connectivity index (χ4v) is 1.41. The van der Waals surface area contributed by atoms with Gasteiger partial charge in [-0.3, -0.25) is 0 Å². The number of carbonyl (C=O) groups is 1. The number of hydrogen-bond donors (Lipinski definition) is 0. The van der Waals surface area contributed by atoms with Crippen molar-refractivity contribution in [2.45, 2.75) is 6.92 Å². The molecule has 0 unspecified atom stereocenters. The van der Waals surface area contributed by atoms with Crippen molar-refractivity contribution in [3.8, 4) is 11.5 Å². The molecule has 0 aromatic heterocycles. The number of carbonyl (C=O) groups excluding carboxylic acids is 1. The van der Waals surface area contributed by atoms with Crippen LogP contribution < -0.4 is 9.47 Å². The van der Waals surface area contributed by atoms with E-state index in [0.717, 1.165) is 5.56 Å². The number of esters is 1. The Morgan fingerprint density at radius 1 is 1.37 bits per heavy atom. The van der Waals surface area contributed by atoms with Gasteiger partial charge in [-0.15, -0.1) is 0 Å². The second-order valence-corrected chi connectivity index (χ2v) is 3.60. The van der Waals surface area contributed by atoms with Gasteiger partial charge >= 0.3 is 5.97 Å². The molecule has 0 bridgehead atoms. The van der Waals surface area contributed by atoms with Crippen LogP contribution in [0.2, 0.25) is 0 Å². The van der Waals surface area contributed by atoms with Crippen molar-refractivity contribution in [1.29, 1.82) is 0 Å². The standard InChI is InChI=1S/C15H18O4/c1-4-10-19-13-8-6-12(11-14(13)17-3)7-9-15(16)18-5-2/h4,6-9,11H,1,5,10H2,2-3H3. The summed E-state index contributed by atoms with van der Waals surface area (Å²) in [5.41, 5.74) is 0.829. The largest absolute Gasteiger partial charge is 0.493 e. The van der Waals surface area contributed by atoms with Crippen molar-refractivity contribution in [2.75, 3.05) is 20.3 Å². The van der Waals surface area contributed by atoms with Crippen LogP contribution in [0.25, 0.3) is 6.08 Å². The lowest BCUT2D eigenvalue weighted by atomic mass is 10.2. The van der Waals surface area contributed by atoms with Crippen LogP contribution in [0.5, 0.6) is 11.5 Å². The van der Waals surface area contributed by atoms with Crippen LogP contribution in [-0.2, 0) is 9.53 Å². The van der Waals surface area contributed by atoms with Gasteiger partial charge in [-0.05, 0) is 30.7 Å². The third kappa shape index (κ3) is 4.87.